The molecule has 98 valence electrons. The van der Waals surface area contributed by atoms with Crippen molar-refractivity contribution in [2.45, 2.75) is 25.8 Å². The van der Waals surface area contributed by atoms with Gasteiger partial charge < -0.3 is 5.73 Å². The summed E-state index contributed by atoms with van der Waals surface area (Å²) in [7, 11) is 0. The number of piperidine rings is 1. The van der Waals surface area contributed by atoms with Gasteiger partial charge in [0.25, 0.3) is 0 Å². The first-order valence-electron chi connectivity index (χ1n) is 6.33. The monoisotopic (exact) mass is 250 g/mol. The first-order chi connectivity index (χ1) is 8.56. The molecule has 4 heteroatoms. The number of hydrogen-bond acceptors (Lipinski definition) is 3. The summed E-state index contributed by atoms with van der Waals surface area (Å²) in [4.78, 5) is 14.2. The van der Waals surface area contributed by atoms with Gasteiger partial charge in [0.1, 0.15) is 5.82 Å². The molecule has 1 heterocycles. The molecule has 1 aromatic rings. The number of hydrogen-bond donors (Lipinski definition) is 1. The second kappa shape index (κ2) is 5.59. The molecule has 1 aliphatic heterocycles. The highest BCUT2D eigenvalue weighted by atomic mass is 19.1. The minimum absolute atomic E-state index is 0.0116. The number of nitrogens with two attached hydrogens (primary N) is 1. The van der Waals surface area contributed by atoms with E-state index in [1.165, 1.54) is 12.1 Å². The Kier molecular flexibility index (Phi) is 4.09. The molecule has 1 aliphatic rings. The van der Waals surface area contributed by atoms with Gasteiger partial charge in [-0.15, -0.1) is 0 Å². The van der Waals surface area contributed by atoms with E-state index in [-0.39, 0.29) is 17.6 Å². The number of ketones is 1. The molecule has 0 spiro atoms. The lowest BCUT2D eigenvalue weighted by Crippen LogP contribution is -2.42. The Morgan fingerprint density at radius 3 is 2.78 bits per heavy atom. The van der Waals surface area contributed by atoms with Crippen LogP contribution in [0.15, 0.2) is 18.2 Å². The Morgan fingerprint density at radius 1 is 1.44 bits per heavy atom. The summed E-state index contributed by atoms with van der Waals surface area (Å²) < 4.78 is 13.2. The fraction of sp³-hybridized carbons (Fsp3) is 0.500. The van der Waals surface area contributed by atoms with E-state index in [0.717, 1.165) is 31.5 Å². The highest BCUT2D eigenvalue weighted by Gasteiger charge is 2.19. The van der Waals surface area contributed by atoms with Crippen molar-refractivity contribution in [1.29, 1.82) is 0 Å². The van der Waals surface area contributed by atoms with Gasteiger partial charge in [-0.2, -0.15) is 0 Å². The van der Waals surface area contributed by atoms with Crippen LogP contribution in [0.25, 0.3) is 0 Å². The Bertz CT molecular complexity index is 439. The van der Waals surface area contributed by atoms with Gasteiger partial charge in [-0.05, 0) is 37.5 Å². The number of nitrogens with zero attached hydrogens (tertiary/aromatic N) is 1. The molecule has 18 heavy (non-hydrogen) atoms. The van der Waals surface area contributed by atoms with Crippen molar-refractivity contribution in [3.8, 4) is 0 Å². The SMILES string of the molecule is Cc1ccc(F)cc1C(=O)CN1CCC(N)CC1. The second-order valence-electron chi connectivity index (χ2n) is 5.00. The van der Waals surface area contributed by atoms with E-state index >= 15 is 0 Å². The van der Waals surface area contributed by atoms with Gasteiger partial charge in [-0.25, -0.2) is 4.39 Å². The van der Waals surface area contributed by atoms with E-state index in [4.69, 9.17) is 5.73 Å². The molecule has 0 unspecified atom stereocenters. The van der Waals surface area contributed by atoms with Crippen molar-refractivity contribution in [1.82, 2.24) is 4.90 Å². The second-order valence-corrected chi connectivity index (χ2v) is 5.00. The zero-order valence-corrected chi connectivity index (χ0v) is 10.7. The number of carbonyl (C=O) groups excluding carboxylic acids is 1. The van der Waals surface area contributed by atoms with Crippen molar-refractivity contribution >= 4 is 5.78 Å². The van der Waals surface area contributed by atoms with Crippen LogP contribution < -0.4 is 5.73 Å². The lowest BCUT2D eigenvalue weighted by atomic mass is 10.0. The summed E-state index contributed by atoms with van der Waals surface area (Å²) in [6, 6.07) is 4.61. The van der Waals surface area contributed by atoms with E-state index in [2.05, 4.69) is 4.90 Å². The first-order valence-corrected chi connectivity index (χ1v) is 6.33. The maximum Gasteiger partial charge on any atom is 0.177 e. The molecule has 2 rings (SSSR count). The summed E-state index contributed by atoms with van der Waals surface area (Å²) in [5, 5.41) is 0. The summed E-state index contributed by atoms with van der Waals surface area (Å²) >= 11 is 0. The lowest BCUT2D eigenvalue weighted by molar-refractivity contribution is 0.0909. The molecule has 3 nitrogen and oxygen atoms in total. The molecule has 0 aromatic heterocycles. The number of halogens is 1. The van der Waals surface area contributed by atoms with Crippen LogP contribution in [0.1, 0.15) is 28.8 Å². The van der Waals surface area contributed by atoms with E-state index < -0.39 is 0 Å². The van der Waals surface area contributed by atoms with Crippen molar-refractivity contribution in [3.63, 3.8) is 0 Å². The van der Waals surface area contributed by atoms with E-state index in [1.54, 1.807) is 6.07 Å². The first kappa shape index (κ1) is 13.2. The van der Waals surface area contributed by atoms with Crippen molar-refractivity contribution < 1.29 is 9.18 Å². The normalized spacial score (nSPS) is 17.9. The predicted octanol–water partition coefficient (Wildman–Crippen LogP) is 1.74. The smallest absolute Gasteiger partial charge is 0.177 e. The fourth-order valence-corrected chi connectivity index (χ4v) is 2.29. The molecule has 2 N–H and O–H groups in total. The van der Waals surface area contributed by atoms with Gasteiger partial charge in [-0.3, -0.25) is 9.69 Å². The topological polar surface area (TPSA) is 46.3 Å². The molecule has 1 fully saturated rings. The minimum Gasteiger partial charge on any atom is -0.328 e. The molecule has 0 atom stereocenters. The molecule has 0 radical (unpaired) electrons. The van der Waals surface area contributed by atoms with Crippen LogP contribution in [0.4, 0.5) is 4.39 Å². The van der Waals surface area contributed by atoms with E-state index in [9.17, 15) is 9.18 Å². The molecule has 1 aromatic carbocycles. The standard InChI is InChI=1S/C14H19FN2O/c1-10-2-3-11(15)8-13(10)14(18)9-17-6-4-12(16)5-7-17/h2-3,8,12H,4-7,9,16H2,1H3. The lowest BCUT2D eigenvalue weighted by Gasteiger charge is -2.29. The van der Waals surface area contributed by atoms with Crippen molar-refractivity contribution in [2.24, 2.45) is 5.73 Å². The highest BCUT2D eigenvalue weighted by Crippen LogP contribution is 2.14. The average molecular weight is 250 g/mol. The summed E-state index contributed by atoms with van der Waals surface area (Å²) in [5.74, 6) is -0.368. The maximum atomic E-state index is 13.2. The van der Waals surface area contributed by atoms with Crippen LogP contribution >= 0.6 is 0 Å². The van der Waals surface area contributed by atoms with E-state index in [1.807, 2.05) is 6.92 Å². The predicted molar refractivity (Wildman–Crippen MR) is 69.1 cm³/mol. The summed E-state index contributed by atoms with van der Waals surface area (Å²) in [6.45, 7) is 3.89. The fourth-order valence-electron chi connectivity index (χ4n) is 2.29. The van der Waals surface area contributed by atoms with Gasteiger partial charge >= 0.3 is 0 Å². The number of aryl methyl sites for hydroxylation is 1. The Morgan fingerprint density at radius 2 is 2.11 bits per heavy atom. The Labute approximate surface area is 107 Å². The van der Waals surface area contributed by atoms with Crippen LogP contribution in [0.5, 0.6) is 0 Å². The third kappa shape index (κ3) is 3.15. The van der Waals surface area contributed by atoms with Crippen LogP contribution in [-0.2, 0) is 0 Å². The van der Waals surface area contributed by atoms with Crippen LogP contribution in [0.3, 0.4) is 0 Å². The molecular formula is C14H19FN2O. The largest absolute Gasteiger partial charge is 0.328 e. The van der Waals surface area contributed by atoms with Crippen LogP contribution in [-0.4, -0.2) is 36.4 Å². The highest BCUT2D eigenvalue weighted by molar-refractivity contribution is 5.98. The van der Waals surface area contributed by atoms with Gasteiger partial charge in [0.05, 0.1) is 6.54 Å². The Balaban J connectivity index is 2.01. The van der Waals surface area contributed by atoms with Crippen LogP contribution in [0, 0.1) is 12.7 Å². The molecule has 0 bridgehead atoms. The summed E-state index contributed by atoms with van der Waals surface area (Å²) in [6.07, 6.45) is 1.85. The number of benzene rings is 1. The third-order valence-electron chi connectivity index (χ3n) is 3.50. The number of likely N-dealkylation sites (tertiary alicyclic amines) is 1. The summed E-state index contributed by atoms with van der Waals surface area (Å²) in [5.41, 5.74) is 7.14. The van der Waals surface area contributed by atoms with Gasteiger partial charge in [0.2, 0.25) is 0 Å². The maximum absolute atomic E-state index is 13.2. The third-order valence-corrected chi connectivity index (χ3v) is 3.50. The van der Waals surface area contributed by atoms with Gasteiger partial charge in [-0.1, -0.05) is 6.07 Å². The zero-order chi connectivity index (χ0) is 13.1. The Hall–Kier alpha value is -1.26. The van der Waals surface area contributed by atoms with Crippen LogP contribution in [0.2, 0.25) is 0 Å². The molecule has 0 saturated carbocycles. The van der Waals surface area contributed by atoms with Gasteiger partial charge in [0.15, 0.2) is 5.78 Å². The van der Waals surface area contributed by atoms with E-state index in [0.29, 0.717) is 12.1 Å². The number of carbonyl (C=O) groups is 1. The minimum atomic E-state index is -0.357. The molecular weight excluding hydrogens is 231 g/mol. The molecule has 0 amide bonds. The number of Topliss-reactive ketones (excluding diaryl/α,β-unsaturated/α-hetero) is 1. The molecule has 1 saturated heterocycles. The number of rotatable bonds is 3. The van der Waals surface area contributed by atoms with Gasteiger partial charge in [0, 0.05) is 24.7 Å². The van der Waals surface area contributed by atoms with Crippen molar-refractivity contribution in [3.05, 3.63) is 35.1 Å². The quantitative estimate of drug-likeness (QED) is 0.831. The molecule has 0 aliphatic carbocycles. The van der Waals surface area contributed by atoms with Crippen molar-refractivity contribution in [2.75, 3.05) is 19.6 Å². The average Bonchev–Trinajstić information content (AvgIpc) is 2.35. The zero-order valence-electron chi connectivity index (χ0n) is 10.7.